The van der Waals surface area contributed by atoms with Crippen LogP contribution in [-0.4, -0.2) is 53.8 Å². The number of aliphatic hydroxyl groups is 1. The lowest BCUT2D eigenvalue weighted by Gasteiger charge is -2.49. The predicted octanol–water partition coefficient (Wildman–Crippen LogP) is 3.09. The van der Waals surface area contributed by atoms with Gasteiger partial charge in [0.2, 0.25) is 0 Å². The Hall–Kier alpha value is -3.27. The zero-order valence-electron chi connectivity index (χ0n) is 17.1. The van der Waals surface area contributed by atoms with Gasteiger partial charge in [0.05, 0.1) is 43.2 Å². The second-order valence-electron chi connectivity index (χ2n) is 7.51. The number of halogens is 3. The van der Waals surface area contributed by atoms with Gasteiger partial charge in [-0.1, -0.05) is 6.07 Å². The van der Waals surface area contributed by atoms with Crippen molar-refractivity contribution >= 4 is 23.4 Å². The number of nitrogens with one attached hydrogen (secondary N) is 2. The number of rotatable bonds is 5. The Kier molecular flexibility index (Phi) is 6.12. The highest BCUT2D eigenvalue weighted by molar-refractivity contribution is 6.01. The summed E-state index contributed by atoms with van der Waals surface area (Å²) in [5.74, 6) is -3.92. The van der Waals surface area contributed by atoms with Crippen molar-refractivity contribution < 1.29 is 32.6 Å². The molecule has 2 aromatic carbocycles. The summed E-state index contributed by atoms with van der Waals surface area (Å²) in [6.07, 6.45) is -0.738. The Bertz CT molecular complexity index is 1030. The number of β-amino-alcohol motifs (C(OH)–C–C–N with tert-alkyl or cyclic N) is 1. The van der Waals surface area contributed by atoms with Gasteiger partial charge in [0, 0.05) is 0 Å². The maximum atomic E-state index is 14.5. The van der Waals surface area contributed by atoms with Crippen molar-refractivity contribution in [3.8, 4) is 0 Å². The van der Waals surface area contributed by atoms with E-state index >= 15 is 0 Å². The Morgan fingerprint density at radius 3 is 2.45 bits per heavy atom. The number of carbonyl (C=O) groups excluding carboxylic acids is 2. The first kappa shape index (κ1) is 22.4. The van der Waals surface area contributed by atoms with Gasteiger partial charge in [-0.05, 0) is 43.7 Å². The van der Waals surface area contributed by atoms with Gasteiger partial charge in [-0.3, -0.25) is 4.79 Å². The Morgan fingerprint density at radius 2 is 1.84 bits per heavy atom. The van der Waals surface area contributed by atoms with Crippen molar-refractivity contribution in [2.75, 3.05) is 25.5 Å². The van der Waals surface area contributed by atoms with Gasteiger partial charge < -0.3 is 25.4 Å². The van der Waals surface area contributed by atoms with Gasteiger partial charge in [0.25, 0.3) is 5.91 Å². The number of anilines is 2. The molecule has 1 heterocycles. The number of benzene rings is 2. The van der Waals surface area contributed by atoms with E-state index in [1.807, 2.05) is 0 Å². The molecule has 2 amide bonds. The quantitative estimate of drug-likeness (QED) is 0.669. The van der Waals surface area contributed by atoms with Crippen molar-refractivity contribution in [1.29, 1.82) is 0 Å². The molecule has 10 heteroatoms. The van der Waals surface area contributed by atoms with E-state index < -0.39 is 46.8 Å². The Labute approximate surface area is 176 Å². The van der Waals surface area contributed by atoms with Crippen molar-refractivity contribution in [2.45, 2.75) is 25.5 Å². The van der Waals surface area contributed by atoms with Crippen LogP contribution in [0.2, 0.25) is 0 Å². The maximum Gasteiger partial charge on any atom is 0.407 e. The summed E-state index contributed by atoms with van der Waals surface area (Å²) >= 11 is 0. The van der Waals surface area contributed by atoms with E-state index in [0.717, 1.165) is 12.1 Å². The minimum Gasteiger partial charge on any atom is -0.453 e. The zero-order valence-corrected chi connectivity index (χ0v) is 17.1. The largest absolute Gasteiger partial charge is 0.453 e. The van der Waals surface area contributed by atoms with E-state index in [-0.39, 0.29) is 24.3 Å². The number of nitrogens with zero attached hydrogens (tertiary/aromatic N) is 1. The summed E-state index contributed by atoms with van der Waals surface area (Å²) in [5.41, 5.74) is -1.65. The number of ether oxygens (including phenoxy) is 1. The van der Waals surface area contributed by atoms with Crippen molar-refractivity contribution in [1.82, 2.24) is 10.2 Å². The van der Waals surface area contributed by atoms with Crippen LogP contribution in [0, 0.1) is 24.4 Å². The Morgan fingerprint density at radius 1 is 1.16 bits per heavy atom. The van der Waals surface area contributed by atoms with E-state index in [4.69, 9.17) is 0 Å². The molecule has 166 valence electrons. The molecule has 0 spiro atoms. The Balaban J connectivity index is 1.83. The summed E-state index contributed by atoms with van der Waals surface area (Å²) < 4.78 is 47.1. The zero-order chi connectivity index (χ0) is 22.9. The lowest BCUT2D eigenvalue weighted by atomic mass is 9.86. The molecular formula is C21H22F3N3O4. The maximum absolute atomic E-state index is 14.5. The number of hydrogen-bond acceptors (Lipinski definition) is 5. The van der Waals surface area contributed by atoms with Crippen LogP contribution in [0.1, 0.15) is 22.8 Å². The summed E-state index contributed by atoms with van der Waals surface area (Å²) in [6.45, 7) is 2.90. The van der Waals surface area contributed by atoms with Crippen molar-refractivity contribution in [3.05, 3.63) is 58.9 Å². The summed E-state index contributed by atoms with van der Waals surface area (Å²) in [4.78, 5) is 25.5. The first-order valence-corrected chi connectivity index (χ1v) is 9.43. The molecule has 1 atom stereocenters. The molecule has 0 aromatic heterocycles. The van der Waals surface area contributed by atoms with Crippen LogP contribution in [0.25, 0.3) is 0 Å². The third kappa shape index (κ3) is 4.43. The lowest BCUT2D eigenvalue weighted by molar-refractivity contribution is -0.0989. The van der Waals surface area contributed by atoms with Gasteiger partial charge in [0.1, 0.15) is 11.4 Å². The smallest absolute Gasteiger partial charge is 0.407 e. The molecular weight excluding hydrogens is 415 g/mol. The molecule has 1 unspecified atom stereocenters. The van der Waals surface area contributed by atoms with Crippen LogP contribution >= 0.6 is 0 Å². The highest BCUT2D eigenvalue weighted by Gasteiger charge is 2.48. The standard InChI is InChI=1S/C21H22F3N3O4/c1-11-4-7-16(15(23)8-11)26-18-13(5-6-14(22)17(18)24)19(28)27-9-21(30,10-27)12(2)25-20(29)31-3/h4-8,12,26,30H,9-10H2,1-3H3,(H,25,29). The molecule has 1 aliphatic rings. The van der Waals surface area contributed by atoms with E-state index in [2.05, 4.69) is 15.4 Å². The number of hydrogen-bond donors (Lipinski definition) is 3. The minimum absolute atomic E-state index is 0.125. The van der Waals surface area contributed by atoms with Gasteiger partial charge in [0.15, 0.2) is 11.6 Å². The molecule has 0 bridgehead atoms. The molecule has 7 nitrogen and oxygen atoms in total. The predicted molar refractivity (Wildman–Crippen MR) is 107 cm³/mol. The second kappa shape index (κ2) is 8.46. The molecule has 1 saturated heterocycles. The highest BCUT2D eigenvalue weighted by Crippen LogP contribution is 2.32. The van der Waals surface area contributed by atoms with Gasteiger partial charge >= 0.3 is 6.09 Å². The van der Waals surface area contributed by atoms with Gasteiger partial charge in [-0.25, -0.2) is 18.0 Å². The number of aryl methyl sites for hydroxylation is 1. The van der Waals surface area contributed by atoms with Crippen molar-refractivity contribution in [2.24, 2.45) is 0 Å². The highest BCUT2D eigenvalue weighted by atomic mass is 19.2. The summed E-state index contributed by atoms with van der Waals surface area (Å²) in [6, 6.07) is 5.30. The molecule has 2 aromatic rings. The van der Waals surface area contributed by atoms with Crippen molar-refractivity contribution in [3.63, 3.8) is 0 Å². The molecule has 3 rings (SSSR count). The van der Waals surface area contributed by atoms with Crippen LogP contribution in [0.5, 0.6) is 0 Å². The fourth-order valence-corrected chi connectivity index (χ4v) is 3.28. The molecule has 31 heavy (non-hydrogen) atoms. The van der Waals surface area contributed by atoms with Crippen LogP contribution < -0.4 is 10.6 Å². The molecule has 1 fully saturated rings. The number of carbonyl (C=O) groups is 2. The number of alkyl carbamates (subject to hydrolysis) is 1. The normalized spacial score (nSPS) is 15.6. The summed E-state index contributed by atoms with van der Waals surface area (Å²) in [5, 5.41) is 15.5. The first-order chi connectivity index (χ1) is 14.6. The number of likely N-dealkylation sites (tertiary alicyclic amines) is 1. The molecule has 1 aliphatic heterocycles. The molecule has 0 aliphatic carbocycles. The minimum atomic E-state index is -1.42. The number of amides is 2. The van der Waals surface area contributed by atoms with Gasteiger partial charge in [-0.2, -0.15) is 0 Å². The van der Waals surface area contributed by atoms with E-state index in [1.165, 1.54) is 24.1 Å². The van der Waals surface area contributed by atoms with Crippen LogP contribution in [0.4, 0.5) is 29.3 Å². The number of methoxy groups -OCH3 is 1. The van der Waals surface area contributed by atoms with Crippen LogP contribution in [0.15, 0.2) is 30.3 Å². The van der Waals surface area contributed by atoms with Crippen LogP contribution in [0.3, 0.4) is 0 Å². The molecule has 3 N–H and O–H groups in total. The first-order valence-electron chi connectivity index (χ1n) is 9.43. The fourth-order valence-electron chi connectivity index (χ4n) is 3.28. The topological polar surface area (TPSA) is 90.9 Å². The fraction of sp³-hybridized carbons (Fsp3) is 0.333. The second-order valence-corrected chi connectivity index (χ2v) is 7.51. The van der Waals surface area contributed by atoms with Gasteiger partial charge in [-0.15, -0.1) is 0 Å². The molecule has 0 radical (unpaired) electrons. The van der Waals surface area contributed by atoms with E-state index in [0.29, 0.717) is 5.56 Å². The lowest BCUT2D eigenvalue weighted by Crippen LogP contribution is -2.71. The average molecular weight is 437 g/mol. The van der Waals surface area contributed by atoms with E-state index in [1.54, 1.807) is 19.9 Å². The third-order valence-electron chi connectivity index (χ3n) is 5.25. The SMILES string of the molecule is COC(=O)NC(C)C1(O)CN(C(=O)c2ccc(F)c(F)c2Nc2ccc(C)cc2F)C1. The average Bonchev–Trinajstić information content (AvgIpc) is 2.70. The van der Waals surface area contributed by atoms with E-state index in [9.17, 15) is 27.9 Å². The molecule has 0 saturated carbocycles. The van der Waals surface area contributed by atoms with Crippen LogP contribution in [-0.2, 0) is 4.74 Å². The summed E-state index contributed by atoms with van der Waals surface area (Å²) in [7, 11) is 1.18. The monoisotopic (exact) mass is 437 g/mol. The third-order valence-corrected chi connectivity index (χ3v) is 5.25.